The summed E-state index contributed by atoms with van der Waals surface area (Å²) >= 11 is 2.04. The second-order valence-electron chi connectivity index (χ2n) is 2.85. The molecule has 0 aliphatic carbocycles. The zero-order valence-electron chi connectivity index (χ0n) is 7.46. The van der Waals surface area contributed by atoms with Crippen LogP contribution in [0.5, 0.6) is 5.75 Å². The highest BCUT2D eigenvalue weighted by Gasteiger charge is 2.02. The Hall–Kier alpha value is -0.820. The summed E-state index contributed by atoms with van der Waals surface area (Å²) in [4.78, 5) is 10.8. The minimum Gasteiger partial charge on any atom is -0.507 e. The van der Waals surface area contributed by atoms with E-state index >= 15 is 0 Å². The normalized spacial score (nSPS) is 9.86. The van der Waals surface area contributed by atoms with Crippen LogP contribution in [0, 0.1) is 3.57 Å². The van der Waals surface area contributed by atoms with Crippen molar-refractivity contribution < 1.29 is 9.90 Å². The smallest absolute Gasteiger partial charge is 0.234 e. The van der Waals surface area contributed by atoms with Gasteiger partial charge in [-0.2, -0.15) is 0 Å². The van der Waals surface area contributed by atoms with E-state index in [0.29, 0.717) is 12.8 Å². The number of carbonyl (C=O) groups is 1. The van der Waals surface area contributed by atoms with Gasteiger partial charge in [0.1, 0.15) is 5.75 Å². The van der Waals surface area contributed by atoms with Crippen LogP contribution in [0.3, 0.4) is 0 Å². The average Bonchev–Trinajstić information content (AvgIpc) is 2.19. The van der Waals surface area contributed by atoms with Crippen LogP contribution >= 0.6 is 22.6 Å². The molecule has 0 bridgehead atoms. The number of carbonyl (C=O) groups excluding carboxylic acids is 1. The molecular formula is C9H11IN2O2. The minimum absolute atomic E-state index is 0.187. The fraction of sp³-hybridized carbons (Fsp3) is 0.222. The number of hydrogen-bond donors (Lipinski definition) is 3. The van der Waals surface area contributed by atoms with Crippen molar-refractivity contribution in [1.82, 2.24) is 5.43 Å². The lowest BCUT2D eigenvalue weighted by atomic mass is 10.1. The molecule has 1 aromatic carbocycles. The van der Waals surface area contributed by atoms with Crippen molar-refractivity contribution in [3.63, 3.8) is 0 Å². The fourth-order valence-corrected chi connectivity index (χ4v) is 1.62. The first-order valence-corrected chi connectivity index (χ1v) is 5.18. The molecule has 76 valence electrons. The number of halogens is 1. The lowest BCUT2D eigenvalue weighted by molar-refractivity contribution is -0.121. The molecule has 0 saturated heterocycles. The molecule has 1 aromatic rings. The van der Waals surface area contributed by atoms with E-state index in [9.17, 15) is 9.90 Å². The Morgan fingerprint density at radius 2 is 2.29 bits per heavy atom. The Kier molecular flexibility index (Phi) is 4.15. The van der Waals surface area contributed by atoms with E-state index in [4.69, 9.17) is 5.84 Å². The molecule has 1 rings (SSSR count). The summed E-state index contributed by atoms with van der Waals surface area (Å²) in [5.74, 6) is 5.02. The molecule has 0 saturated carbocycles. The summed E-state index contributed by atoms with van der Waals surface area (Å²) in [6.45, 7) is 0. The molecule has 1 amide bonds. The van der Waals surface area contributed by atoms with E-state index in [-0.39, 0.29) is 11.7 Å². The summed E-state index contributed by atoms with van der Waals surface area (Å²) in [5, 5.41) is 9.26. The molecule has 0 aromatic heterocycles. The highest BCUT2D eigenvalue weighted by Crippen LogP contribution is 2.20. The van der Waals surface area contributed by atoms with E-state index in [2.05, 4.69) is 5.43 Å². The van der Waals surface area contributed by atoms with Crippen LogP contribution in [0.25, 0.3) is 0 Å². The summed E-state index contributed by atoms with van der Waals surface area (Å²) in [6, 6.07) is 5.26. The van der Waals surface area contributed by atoms with Crippen molar-refractivity contribution in [3.05, 3.63) is 27.3 Å². The van der Waals surface area contributed by atoms with Gasteiger partial charge in [-0.05, 0) is 46.7 Å². The number of phenols is 1. The van der Waals surface area contributed by atoms with Crippen LogP contribution in [0.1, 0.15) is 12.0 Å². The third-order valence-electron chi connectivity index (χ3n) is 1.81. The van der Waals surface area contributed by atoms with Crippen molar-refractivity contribution in [2.45, 2.75) is 12.8 Å². The monoisotopic (exact) mass is 306 g/mol. The van der Waals surface area contributed by atoms with E-state index in [1.54, 1.807) is 12.1 Å². The Bertz CT molecular complexity index is 342. The van der Waals surface area contributed by atoms with Crippen LogP contribution in [0.15, 0.2) is 18.2 Å². The van der Waals surface area contributed by atoms with Gasteiger partial charge in [-0.15, -0.1) is 0 Å². The zero-order chi connectivity index (χ0) is 10.6. The summed E-state index contributed by atoms with van der Waals surface area (Å²) in [7, 11) is 0. The zero-order valence-corrected chi connectivity index (χ0v) is 9.61. The third kappa shape index (κ3) is 3.15. The van der Waals surface area contributed by atoms with Gasteiger partial charge in [0.2, 0.25) is 5.91 Å². The standard InChI is InChI=1S/C9H11IN2O2/c10-7-5-6(1-3-8(7)13)2-4-9(14)12-11/h1,3,5,13H,2,4,11H2,(H,12,14). The van der Waals surface area contributed by atoms with Gasteiger partial charge in [-0.25, -0.2) is 5.84 Å². The van der Waals surface area contributed by atoms with E-state index in [0.717, 1.165) is 9.13 Å². The van der Waals surface area contributed by atoms with Crippen molar-refractivity contribution in [2.24, 2.45) is 5.84 Å². The molecule has 0 aliphatic heterocycles. The maximum Gasteiger partial charge on any atom is 0.234 e. The van der Waals surface area contributed by atoms with Gasteiger partial charge in [0.25, 0.3) is 0 Å². The maximum absolute atomic E-state index is 10.8. The van der Waals surface area contributed by atoms with Gasteiger partial charge in [-0.1, -0.05) is 6.07 Å². The average molecular weight is 306 g/mol. The number of nitrogens with two attached hydrogens (primary N) is 1. The molecule has 4 nitrogen and oxygen atoms in total. The molecule has 0 heterocycles. The lowest BCUT2D eigenvalue weighted by Crippen LogP contribution is -2.30. The first kappa shape index (κ1) is 11.3. The van der Waals surface area contributed by atoms with Gasteiger partial charge < -0.3 is 5.11 Å². The maximum atomic E-state index is 10.8. The predicted octanol–water partition coefficient (Wildman–Crippen LogP) is 0.919. The van der Waals surface area contributed by atoms with Gasteiger partial charge in [-0.3, -0.25) is 10.2 Å². The number of hydrogen-bond acceptors (Lipinski definition) is 3. The van der Waals surface area contributed by atoms with Crippen molar-refractivity contribution in [3.8, 4) is 5.75 Å². The Labute approximate surface area is 95.6 Å². The molecule has 14 heavy (non-hydrogen) atoms. The molecule has 0 spiro atoms. The van der Waals surface area contributed by atoms with E-state index < -0.39 is 0 Å². The number of hydrazine groups is 1. The molecule has 0 atom stereocenters. The van der Waals surface area contributed by atoms with E-state index in [1.165, 1.54) is 0 Å². The minimum atomic E-state index is -0.187. The summed E-state index contributed by atoms with van der Waals surface area (Å²) in [6.07, 6.45) is 0.983. The Balaban J connectivity index is 2.60. The van der Waals surface area contributed by atoms with Crippen LogP contribution in [0.2, 0.25) is 0 Å². The molecule has 0 aliphatic rings. The molecule has 0 radical (unpaired) electrons. The quantitative estimate of drug-likeness (QED) is 0.336. The van der Waals surface area contributed by atoms with Crippen LogP contribution in [-0.4, -0.2) is 11.0 Å². The Morgan fingerprint density at radius 3 is 2.86 bits per heavy atom. The summed E-state index contributed by atoms with van der Waals surface area (Å²) < 4.78 is 0.785. The molecule has 4 N–H and O–H groups in total. The van der Waals surface area contributed by atoms with Gasteiger partial charge >= 0.3 is 0 Å². The number of nitrogens with one attached hydrogen (secondary N) is 1. The van der Waals surface area contributed by atoms with Crippen LogP contribution in [0.4, 0.5) is 0 Å². The molecular weight excluding hydrogens is 295 g/mol. The lowest BCUT2D eigenvalue weighted by Gasteiger charge is -2.02. The highest BCUT2D eigenvalue weighted by molar-refractivity contribution is 14.1. The van der Waals surface area contributed by atoms with Crippen LogP contribution < -0.4 is 11.3 Å². The van der Waals surface area contributed by atoms with E-state index in [1.807, 2.05) is 28.7 Å². The van der Waals surface area contributed by atoms with Crippen LogP contribution in [-0.2, 0) is 11.2 Å². The van der Waals surface area contributed by atoms with Crippen molar-refractivity contribution in [2.75, 3.05) is 0 Å². The first-order valence-electron chi connectivity index (χ1n) is 4.10. The number of benzene rings is 1. The van der Waals surface area contributed by atoms with Gasteiger partial charge in [0, 0.05) is 6.42 Å². The molecule has 0 unspecified atom stereocenters. The second-order valence-corrected chi connectivity index (χ2v) is 4.02. The van der Waals surface area contributed by atoms with Crippen molar-refractivity contribution in [1.29, 1.82) is 0 Å². The number of aromatic hydroxyl groups is 1. The predicted molar refractivity (Wildman–Crippen MR) is 61.5 cm³/mol. The number of amides is 1. The van der Waals surface area contributed by atoms with Gasteiger partial charge in [0.05, 0.1) is 3.57 Å². The number of rotatable bonds is 3. The SMILES string of the molecule is NNC(=O)CCc1ccc(O)c(I)c1. The second kappa shape index (κ2) is 5.16. The largest absolute Gasteiger partial charge is 0.507 e. The molecule has 0 fully saturated rings. The first-order chi connectivity index (χ1) is 6.63. The number of aryl methyl sites for hydroxylation is 1. The highest BCUT2D eigenvalue weighted by atomic mass is 127. The Morgan fingerprint density at radius 1 is 1.57 bits per heavy atom. The fourth-order valence-electron chi connectivity index (χ4n) is 1.04. The third-order valence-corrected chi connectivity index (χ3v) is 2.68. The van der Waals surface area contributed by atoms with Crippen molar-refractivity contribution >= 4 is 28.5 Å². The van der Waals surface area contributed by atoms with Gasteiger partial charge in [0.15, 0.2) is 0 Å². The summed E-state index contributed by atoms with van der Waals surface area (Å²) in [5.41, 5.74) is 3.08. The molecule has 5 heteroatoms. The number of phenolic OH excluding ortho intramolecular Hbond substituents is 1. The topological polar surface area (TPSA) is 75.3 Å².